The molecule has 0 fully saturated rings. The average Bonchev–Trinajstić information content (AvgIpc) is 2.77. The van der Waals surface area contributed by atoms with E-state index in [1.807, 2.05) is 18.2 Å². The first-order chi connectivity index (χ1) is 10.7. The van der Waals surface area contributed by atoms with E-state index in [4.69, 9.17) is 25.5 Å². The van der Waals surface area contributed by atoms with E-state index in [1.165, 1.54) is 10.1 Å². The topological polar surface area (TPSA) is 101 Å². The summed E-state index contributed by atoms with van der Waals surface area (Å²) in [6, 6.07) is 10.2. The molecule has 0 saturated carbocycles. The fourth-order valence-corrected chi connectivity index (χ4v) is 1.83. The number of rotatable bonds is 0. The summed E-state index contributed by atoms with van der Waals surface area (Å²) in [6.07, 6.45) is -10.2. The lowest BCUT2D eigenvalue weighted by molar-refractivity contribution is -0.193. The number of thiophene rings is 1. The highest BCUT2D eigenvalue weighted by Crippen LogP contribution is 2.26. The van der Waals surface area contributed by atoms with Gasteiger partial charge in [-0.2, -0.15) is 26.3 Å². The second kappa shape index (κ2) is 8.38. The Morgan fingerprint density at radius 3 is 1.62 bits per heavy atom. The minimum Gasteiger partial charge on any atom is -0.475 e. The zero-order valence-electron chi connectivity index (χ0n) is 11.4. The third-order valence-electron chi connectivity index (χ3n) is 1.93. The number of hydrogen-bond acceptors (Lipinski definition) is 4. The van der Waals surface area contributed by atoms with Gasteiger partial charge in [0.25, 0.3) is 0 Å². The van der Waals surface area contributed by atoms with Crippen LogP contribution >= 0.6 is 11.3 Å². The number of nitrogens with two attached hydrogens (primary N) is 1. The van der Waals surface area contributed by atoms with Crippen molar-refractivity contribution in [1.29, 1.82) is 0 Å². The number of carbonyl (C=O) groups is 2. The first-order valence-electron chi connectivity index (χ1n) is 5.59. The molecular weight excluding hydrogens is 368 g/mol. The highest BCUT2D eigenvalue weighted by atomic mass is 32.1. The summed E-state index contributed by atoms with van der Waals surface area (Å²) in [4.78, 5) is 17.8. The van der Waals surface area contributed by atoms with E-state index in [9.17, 15) is 26.3 Å². The second-order valence-corrected chi connectivity index (χ2v) is 4.91. The molecule has 0 saturated heterocycles. The summed E-state index contributed by atoms with van der Waals surface area (Å²) in [5.41, 5.74) is 5.61. The highest BCUT2D eigenvalue weighted by Gasteiger charge is 2.38. The van der Waals surface area contributed by atoms with Crippen molar-refractivity contribution in [3.8, 4) is 0 Å². The van der Waals surface area contributed by atoms with Crippen LogP contribution < -0.4 is 5.73 Å². The second-order valence-electron chi connectivity index (χ2n) is 3.79. The zero-order valence-corrected chi connectivity index (χ0v) is 12.2. The minimum absolute atomic E-state index is 0.890. The van der Waals surface area contributed by atoms with Gasteiger partial charge >= 0.3 is 24.3 Å². The number of nitrogen functional groups attached to an aromatic ring is 1. The van der Waals surface area contributed by atoms with Gasteiger partial charge in [-0.15, -0.1) is 11.3 Å². The van der Waals surface area contributed by atoms with E-state index in [1.54, 1.807) is 11.3 Å². The van der Waals surface area contributed by atoms with E-state index >= 15 is 0 Å². The molecule has 1 aromatic carbocycles. The van der Waals surface area contributed by atoms with E-state index < -0.39 is 24.3 Å². The van der Waals surface area contributed by atoms with Crippen LogP contribution in [0.25, 0.3) is 10.1 Å². The number of carboxylic acid groups (broad SMARTS) is 2. The molecule has 0 aliphatic heterocycles. The smallest absolute Gasteiger partial charge is 0.475 e. The van der Waals surface area contributed by atoms with Crippen LogP contribution in [0.4, 0.5) is 31.3 Å². The molecule has 134 valence electrons. The number of alkyl halides is 6. The van der Waals surface area contributed by atoms with Crippen LogP contribution in [0.3, 0.4) is 0 Å². The number of aliphatic carboxylic acids is 2. The van der Waals surface area contributed by atoms with Crippen LogP contribution in [-0.2, 0) is 9.59 Å². The Morgan fingerprint density at radius 1 is 0.917 bits per heavy atom. The number of carboxylic acids is 2. The van der Waals surface area contributed by atoms with Crippen LogP contribution in [0.1, 0.15) is 0 Å². The van der Waals surface area contributed by atoms with Gasteiger partial charge in [0.2, 0.25) is 0 Å². The van der Waals surface area contributed by atoms with Gasteiger partial charge in [-0.3, -0.25) is 0 Å². The molecule has 1 aromatic heterocycles. The molecule has 2 aromatic rings. The Kier molecular flexibility index (Phi) is 7.51. The van der Waals surface area contributed by atoms with Crippen molar-refractivity contribution in [2.24, 2.45) is 0 Å². The number of benzene rings is 1. The van der Waals surface area contributed by atoms with Crippen LogP contribution in [0, 0.1) is 0 Å². The predicted octanol–water partition coefficient (Wildman–Crippen LogP) is 3.75. The van der Waals surface area contributed by atoms with Gasteiger partial charge in [-0.1, -0.05) is 18.2 Å². The molecule has 2 rings (SSSR count). The van der Waals surface area contributed by atoms with Crippen LogP contribution in [-0.4, -0.2) is 34.5 Å². The van der Waals surface area contributed by atoms with Crippen molar-refractivity contribution < 1.29 is 46.1 Å². The third kappa shape index (κ3) is 8.22. The largest absolute Gasteiger partial charge is 0.490 e. The fraction of sp³-hybridized carbons (Fsp3) is 0.167. The summed E-state index contributed by atoms with van der Waals surface area (Å²) in [7, 11) is 0. The van der Waals surface area contributed by atoms with E-state index in [0.29, 0.717) is 0 Å². The summed E-state index contributed by atoms with van der Waals surface area (Å²) in [5.74, 6) is -5.51. The van der Waals surface area contributed by atoms with E-state index in [2.05, 4.69) is 12.1 Å². The maximum absolute atomic E-state index is 10.6. The van der Waals surface area contributed by atoms with Gasteiger partial charge in [0, 0.05) is 4.70 Å². The van der Waals surface area contributed by atoms with Gasteiger partial charge in [0.05, 0.1) is 5.00 Å². The average molecular weight is 377 g/mol. The summed E-state index contributed by atoms with van der Waals surface area (Å²) < 4.78 is 64.7. The molecule has 0 atom stereocenters. The highest BCUT2D eigenvalue weighted by molar-refractivity contribution is 7.22. The lowest BCUT2D eigenvalue weighted by Crippen LogP contribution is -2.21. The van der Waals surface area contributed by atoms with Crippen molar-refractivity contribution in [1.82, 2.24) is 0 Å². The van der Waals surface area contributed by atoms with Gasteiger partial charge in [-0.25, -0.2) is 9.59 Å². The molecule has 1 heterocycles. The van der Waals surface area contributed by atoms with Crippen LogP contribution in [0.15, 0.2) is 30.3 Å². The van der Waals surface area contributed by atoms with Gasteiger partial charge in [-0.05, 0) is 17.5 Å². The molecule has 0 amide bonds. The van der Waals surface area contributed by atoms with E-state index in [0.717, 1.165) is 5.00 Å². The first kappa shape index (κ1) is 21.5. The van der Waals surface area contributed by atoms with Crippen molar-refractivity contribution in [3.05, 3.63) is 30.3 Å². The Hall–Kier alpha value is -2.50. The van der Waals surface area contributed by atoms with Gasteiger partial charge < -0.3 is 15.9 Å². The van der Waals surface area contributed by atoms with Crippen molar-refractivity contribution in [2.45, 2.75) is 12.4 Å². The standard InChI is InChI=1S/C8H7NS.2C2HF3O2/c9-8-5-6-3-1-2-4-7(6)10-8;2*3-2(4,5)1(6)7/h1-5H,9H2;2*(H,6,7). The molecule has 5 nitrogen and oxygen atoms in total. The molecule has 0 spiro atoms. The molecule has 0 unspecified atom stereocenters. The maximum Gasteiger partial charge on any atom is 0.490 e. The Bertz CT molecular complexity index is 638. The number of hydrogen-bond donors (Lipinski definition) is 3. The Balaban J connectivity index is 0.000000343. The number of anilines is 1. The SMILES string of the molecule is Nc1cc2ccccc2s1.O=C(O)C(F)(F)F.O=C(O)C(F)(F)F. The van der Waals surface area contributed by atoms with Crippen molar-refractivity contribution in [3.63, 3.8) is 0 Å². The minimum atomic E-state index is -5.08. The lowest BCUT2D eigenvalue weighted by atomic mass is 10.3. The third-order valence-corrected chi connectivity index (χ3v) is 2.87. The predicted molar refractivity (Wildman–Crippen MR) is 73.6 cm³/mol. The fourth-order valence-electron chi connectivity index (χ4n) is 1.00. The summed E-state index contributed by atoms with van der Waals surface area (Å²) >= 11 is 1.63. The molecule has 24 heavy (non-hydrogen) atoms. The molecule has 0 bridgehead atoms. The number of fused-ring (bicyclic) bond motifs is 1. The monoisotopic (exact) mass is 377 g/mol. The molecule has 0 aliphatic rings. The van der Waals surface area contributed by atoms with Crippen molar-refractivity contribution in [2.75, 3.05) is 5.73 Å². The molecule has 12 heteroatoms. The quantitative estimate of drug-likeness (QED) is 0.607. The molecular formula is C12H9F6NO4S. The first-order valence-corrected chi connectivity index (χ1v) is 6.41. The zero-order chi connectivity index (χ0) is 19.1. The lowest BCUT2D eigenvalue weighted by Gasteiger charge is -1.93. The maximum atomic E-state index is 10.6. The van der Waals surface area contributed by atoms with Crippen LogP contribution in [0.5, 0.6) is 0 Å². The Labute approximate surface area is 133 Å². The van der Waals surface area contributed by atoms with Gasteiger partial charge in [0.1, 0.15) is 0 Å². The Morgan fingerprint density at radius 2 is 1.29 bits per heavy atom. The summed E-state index contributed by atoms with van der Waals surface area (Å²) in [5, 5.41) is 16.4. The van der Waals surface area contributed by atoms with Crippen LogP contribution in [0.2, 0.25) is 0 Å². The summed E-state index contributed by atoms with van der Waals surface area (Å²) in [6.45, 7) is 0. The van der Waals surface area contributed by atoms with Gasteiger partial charge in [0.15, 0.2) is 0 Å². The number of halogens is 6. The molecule has 0 aliphatic carbocycles. The molecule has 0 radical (unpaired) electrons. The molecule has 4 N–H and O–H groups in total. The van der Waals surface area contributed by atoms with Crippen molar-refractivity contribution >= 4 is 38.4 Å². The normalized spacial score (nSPS) is 10.9. The van der Waals surface area contributed by atoms with E-state index in [-0.39, 0.29) is 0 Å².